The number of fused-ring (bicyclic) bond motifs is 1. The molecule has 2 amide bonds. The van der Waals surface area contributed by atoms with Crippen LogP contribution in [0.1, 0.15) is 12.8 Å². The second-order valence-corrected chi connectivity index (χ2v) is 6.64. The number of amides is 2. The minimum Gasteiger partial charge on any atom is -0.369 e. The summed E-state index contributed by atoms with van der Waals surface area (Å²) in [5.74, 6) is -0.327. The Labute approximate surface area is 144 Å². The van der Waals surface area contributed by atoms with Gasteiger partial charge in [0.05, 0.1) is 10.7 Å². The first kappa shape index (κ1) is 15.4. The van der Waals surface area contributed by atoms with Gasteiger partial charge in [-0.05, 0) is 31.0 Å². The maximum atomic E-state index is 14.9. The van der Waals surface area contributed by atoms with Gasteiger partial charge < -0.3 is 15.1 Å². The standard InChI is InChI=1S/C17H18ClFN4O/c18-13-3-6-20-16-12(13)1-2-14(15(16)19)22-8-4-11(5-9-22)23-10-7-21-17(23)24/h1-3,6,11H,4-5,7-10H2,(H,21,24). The predicted molar refractivity (Wildman–Crippen MR) is 92.1 cm³/mol. The van der Waals surface area contributed by atoms with Crippen molar-refractivity contribution in [2.75, 3.05) is 31.1 Å². The van der Waals surface area contributed by atoms with Crippen molar-refractivity contribution in [3.8, 4) is 0 Å². The Kier molecular flexibility index (Phi) is 3.92. The number of hydrogen-bond donors (Lipinski definition) is 1. The van der Waals surface area contributed by atoms with Crippen LogP contribution in [0.3, 0.4) is 0 Å². The second kappa shape index (κ2) is 6.09. The highest BCUT2D eigenvalue weighted by molar-refractivity contribution is 6.35. The fourth-order valence-electron chi connectivity index (χ4n) is 3.64. The lowest BCUT2D eigenvalue weighted by Crippen LogP contribution is -2.46. The van der Waals surface area contributed by atoms with Gasteiger partial charge in [-0.2, -0.15) is 0 Å². The minimum atomic E-state index is -0.327. The molecule has 7 heteroatoms. The average Bonchev–Trinajstić information content (AvgIpc) is 3.02. The zero-order valence-corrected chi connectivity index (χ0v) is 13.9. The number of nitrogens with one attached hydrogen (secondary N) is 1. The molecule has 0 spiro atoms. The van der Waals surface area contributed by atoms with Crippen LogP contribution < -0.4 is 10.2 Å². The summed E-state index contributed by atoms with van der Waals surface area (Å²) >= 11 is 6.11. The average molecular weight is 349 g/mol. The molecule has 24 heavy (non-hydrogen) atoms. The van der Waals surface area contributed by atoms with Gasteiger partial charge in [0.25, 0.3) is 0 Å². The molecule has 2 aromatic rings. The first-order valence-electron chi connectivity index (χ1n) is 8.17. The molecule has 2 fully saturated rings. The Morgan fingerprint density at radius 3 is 2.71 bits per heavy atom. The molecule has 126 valence electrons. The van der Waals surface area contributed by atoms with Crippen LogP contribution in [0.25, 0.3) is 10.9 Å². The summed E-state index contributed by atoms with van der Waals surface area (Å²) in [6.45, 7) is 2.91. The van der Waals surface area contributed by atoms with Crippen molar-refractivity contribution in [3.05, 3.63) is 35.2 Å². The Balaban J connectivity index is 1.54. The zero-order valence-electron chi connectivity index (χ0n) is 13.1. The van der Waals surface area contributed by atoms with Crippen molar-refractivity contribution in [2.45, 2.75) is 18.9 Å². The van der Waals surface area contributed by atoms with E-state index in [0.717, 1.165) is 32.5 Å². The van der Waals surface area contributed by atoms with E-state index in [4.69, 9.17) is 11.6 Å². The fraction of sp³-hybridized carbons (Fsp3) is 0.412. The smallest absolute Gasteiger partial charge is 0.317 e. The van der Waals surface area contributed by atoms with E-state index in [9.17, 15) is 9.18 Å². The summed E-state index contributed by atoms with van der Waals surface area (Å²) in [6, 6.07) is 5.51. The summed E-state index contributed by atoms with van der Waals surface area (Å²) in [4.78, 5) is 19.8. The van der Waals surface area contributed by atoms with Crippen LogP contribution >= 0.6 is 11.6 Å². The minimum absolute atomic E-state index is 0.0178. The quantitative estimate of drug-likeness (QED) is 0.907. The van der Waals surface area contributed by atoms with Crippen LogP contribution in [-0.4, -0.2) is 48.1 Å². The Bertz CT molecular complexity index is 791. The molecule has 2 aliphatic rings. The third-order valence-corrected chi connectivity index (χ3v) is 5.24. The Hall–Kier alpha value is -2.08. The third-order valence-electron chi connectivity index (χ3n) is 4.91. The lowest BCUT2D eigenvalue weighted by Gasteiger charge is -2.37. The molecule has 5 nitrogen and oxygen atoms in total. The Morgan fingerprint density at radius 1 is 1.21 bits per heavy atom. The van der Waals surface area contributed by atoms with Gasteiger partial charge >= 0.3 is 6.03 Å². The lowest BCUT2D eigenvalue weighted by atomic mass is 10.0. The van der Waals surface area contributed by atoms with E-state index in [2.05, 4.69) is 10.3 Å². The van der Waals surface area contributed by atoms with Crippen molar-refractivity contribution in [2.24, 2.45) is 0 Å². The van der Waals surface area contributed by atoms with E-state index in [1.54, 1.807) is 12.1 Å². The van der Waals surface area contributed by atoms with Gasteiger partial charge in [0.15, 0.2) is 5.82 Å². The number of carbonyl (C=O) groups is 1. The monoisotopic (exact) mass is 348 g/mol. The summed E-state index contributed by atoms with van der Waals surface area (Å²) in [7, 11) is 0. The van der Waals surface area contributed by atoms with Crippen molar-refractivity contribution in [1.29, 1.82) is 0 Å². The first-order chi connectivity index (χ1) is 11.6. The van der Waals surface area contributed by atoms with Crippen LogP contribution in [0.15, 0.2) is 24.4 Å². The van der Waals surface area contributed by atoms with Crippen molar-refractivity contribution in [1.82, 2.24) is 15.2 Å². The van der Waals surface area contributed by atoms with Gasteiger partial charge in [0.2, 0.25) is 0 Å². The zero-order chi connectivity index (χ0) is 16.7. The molecule has 0 bridgehead atoms. The molecule has 2 saturated heterocycles. The Morgan fingerprint density at radius 2 is 2.00 bits per heavy atom. The molecular weight excluding hydrogens is 331 g/mol. The molecule has 0 radical (unpaired) electrons. The largest absolute Gasteiger partial charge is 0.369 e. The number of urea groups is 1. The molecule has 1 aromatic heterocycles. The van der Waals surface area contributed by atoms with Gasteiger partial charge in [-0.1, -0.05) is 11.6 Å². The van der Waals surface area contributed by atoms with Crippen LogP contribution in [0.5, 0.6) is 0 Å². The van der Waals surface area contributed by atoms with E-state index in [0.29, 0.717) is 28.2 Å². The van der Waals surface area contributed by atoms with Gasteiger partial charge in [0, 0.05) is 43.8 Å². The van der Waals surface area contributed by atoms with E-state index >= 15 is 0 Å². The molecule has 4 rings (SSSR count). The molecule has 1 aromatic carbocycles. The normalized spacial score (nSPS) is 19.2. The lowest BCUT2D eigenvalue weighted by molar-refractivity contribution is 0.186. The highest BCUT2D eigenvalue weighted by Crippen LogP contribution is 2.32. The highest BCUT2D eigenvalue weighted by Gasteiger charge is 2.31. The van der Waals surface area contributed by atoms with Gasteiger partial charge in [-0.15, -0.1) is 0 Å². The molecule has 1 N–H and O–H groups in total. The van der Waals surface area contributed by atoms with Gasteiger partial charge in [-0.3, -0.25) is 4.98 Å². The van der Waals surface area contributed by atoms with Crippen molar-refractivity contribution in [3.63, 3.8) is 0 Å². The third kappa shape index (κ3) is 2.55. The molecule has 0 unspecified atom stereocenters. The van der Waals surface area contributed by atoms with E-state index in [-0.39, 0.29) is 17.9 Å². The number of piperidine rings is 1. The molecule has 3 heterocycles. The maximum Gasteiger partial charge on any atom is 0.317 e. The predicted octanol–water partition coefficient (Wildman–Crippen LogP) is 3.02. The summed E-state index contributed by atoms with van der Waals surface area (Å²) in [6.07, 6.45) is 3.21. The highest BCUT2D eigenvalue weighted by atomic mass is 35.5. The number of aromatic nitrogens is 1. The summed E-state index contributed by atoms with van der Waals surface area (Å²) in [5.41, 5.74) is 0.864. The summed E-state index contributed by atoms with van der Waals surface area (Å²) in [5, 5.41) is 3.97. The van der Waals surface area contributed by atoms with E-state index < -0.39 is 0 Å². The second-order valence-electron chi connectivity index (χ2n) is 6.23. The molecule has 0 saturated carbocycles. The number of anilines is 1. The number of halogens is 2. The van der Waals surface area contributed by atoms with Crippen LogP contribution in [0.2, 0.25) is 5.02 Å². The topological polar surface area (TPSA) is 48.5 Å². The van der Waals surface area contributed by atoms with Crippen LogP contribution in [0.4, 0.5) is 14.9 Å². The summed E-state index contributed by atoms with van der Waals surface area (Å²) < 4.78 is 14.9. The first-order valence-corrected chi connectivity index (χ1v) is 8.55. The SMILES string of the molecule is O=C1NCCN1C1CCN(c2ccc3c(Cl)ccnc3c2F)CC1. The number of rotatable bonds is 2. The number of benzene rings is 1. The number of nitrogens with zero attached hydrogens (tertiary/aromatic N) is 3. The van der Waals surface area contributed by atoms with Crippen LogP contribution in [-0.2, 0) is 0 Å². The fourth-order valence-corrected chi connectivity index (χ4v) is 3.85. The number of hydrogen-bond acceptors (Lipinski definition) is 3. The van der Waals surface area contributed by atoms with E-state index in [1.165, 1.54) is 6.20 Å². The molecule has 0 aliphatic carbocycles. The number of carbonyl (C=O) groups excluding carboxylic acids is 1. The van der Waals surface area contributed by atoms with Gasteiger partial charge in [0.1, 0.15) is 5.52 Å². The van der Waals surface area contributed by atoms with E-state index in [1.807, 2.05) is 15.9 Å². The van der Waals surface area contributed by atoms with Crippen LogP contribution in [0, 0.1) is 5.82 Å². The maximum absolute atomic E-state index is 14.9. The molecule has 2 aliphatic heterocycles. The molecule has 0 atom stereocenters. The van der Waals surface area contributed by atoms with Crippen molar-refractivity contribution < 1.29 is 9.18 Å². The van der Waals surface area contributed by atoms with Gasteiger partial charge in [-0.25, -0.2) is 9.18 Å². The van der Waals surface area contributed by atoms with Crippen molar-refractivity contribution >= 4 is 34.2 Å². The molecular formula is C17H18ClFN4O. The number of pyridine rings is 1.